The van der Waals surface area contributed by atoms with Crippen LogP contribution in [0.2, 0.25) is 0 Å². The van der Waals surface area contributed by atoms with Gasteiger partial charge in [0.05, 0.1) is 12.2 Å². The van der Waals surface area contributed by atoms with Gasteiger partial charge in [0.25, 0.3) is 0 Å². The van der Waals surface area contributed by atoms with Crippen molar-refractivity contribution in [2.45, 2.75) is 43.9 Å². The normalized spacial score (nSPS) is 21.8. The zero-order chi connectivity index (χ0) is 21.1. The summed E-state index contributed by atoms with van der Waals surface area (Å²) in [4.78, 5) is 0. The molecule has 0 bridgehead atoms. The SMILES string of the molecule is C/C(OS(=O)(=O)C(F)(F)F)=C1/C[C@H](c2ccccc2)O[C@@H]1CCc1ccccc1. The van der Waals surface area contributed by atoms with E-state index in [2.05, 4.69) is 4.18 Å². The topological polar surface area (TPSA) is 52.6 Å². The molecule has 0 amide bonds. The largest absolute Gasteiger partial charge is 0.534 e. The third-order valence-corrected chi connectivity index (χ3v) is 5.84. The molecule has 2 aromatic rings. The van der Waals surface area contributed by atoms with E-state index in [1.807, 2.05) is 60.7 Å². The number of aryl methyl sites for hydroxylation is 1. The second-order valence-corrected chi connectivity index (χ2v) is 8.35. The Hall–Kier alpha value is -2.32. The van der Waals surface area contributed by atoms with Crippen LogP contribution in [-0.2, 0) is 25.5 Å². The highest BCUT2D eigenvalue weighted by molar-refractivity contribution is 7.87. The molecule has 1 heterocycles. The summed E-state index contributed by atoms with van der Waals surface area (Å²) in [5.74, 6) is -0.279. The van der Waals surface area contributed by atoms with Gasteiger partial charge in [-0.05, 0) is 30.9 Å². The van der Waals surface area contributed by atoms with E-state index in [1.165, 1.54) is 6.92 Å². The van der Waals surface area contributed by atoms with Crippen molar-refractivity contribution in [1.29, 1.82) is 0 Å². The fourth-order valence-electron chi connectivity index (χ4n) is 3.34. The first-order chi connectivity index (χ1) is 13.7. The minimum atomic E-state index is -5.72. The molecule has 8 heteroatoms. The highest BCUT2D eigenvalue weighted by Gasteiger charge is 2.49. The van der Waals surface area contributed by atoms with Crippen molar-refractivity contribution in [3.8, 4) is 0 Å². The van der Waals surface area contributed by atoms with E-state index in [-0.39, 0.29) is 18.3 Å². The molecule has 3 rings (SSSR count). The van der Waals surface area contributed by atoms with Crippen LogP contribution in [0.4, 0.5) is 13.2 Å². The van der Waals surface area contributed by atoms with E-state index < -0.39 is 21.7 Å². The number of hydrogen-bond acceptors (Lipinski definition) is 4. The molecular formula is C21H21F3O4S. The van der Waals surface area contributed by atoms with Crippen LogP contribution in [0, 0.1) is 0 Å². The molecule has 2 aromatic carbocycles. The molecule has 29 heavy (non-hydrogen) atoms. The predicted octanol–water partition coefficient (Wildman–Crippen LogP) is 5.29. The monoisotopic (exact) mass is 426 g/mol. The van der Waals surface area contributed by atoms with E-state index in [9.17, 15) is 21.6 Å². The highest BCUT2D eigenvalue weighted by Crippen LogP contribution is 2.41. The van der Waals surface area contributed by atoms with Crippen LogP contribution in [-0.4, -0.2) is 20.0 Å². The van der Waals surface area contributed by atoms with Crippen LogP contribution in [0.15, 0.2) is 72.0 Å². The molecule has 0 unspecified atom stereocenters. The Morgan fingerprint density at radius 2 is 1.66 bits per heavy atom. The lowest BCUT2D eigenvalue weighted by atomic mass is 9.98. The minimum absolute atomic E-state index is 0.267. The van der Waals surface area contributed by atoms with Crippen molar-refractivity contribution in [2.24, 2.45) is 0 Å². The van der Waals surface area contributed by atoms with Crippen LogP contribution < -0.4 is 0 Å². The Morgan fingerprint density at radius 3 is 2.24 bits per heavy atom. The van der Waals surface area contributed by atoms with Gasteiger partial charge in [0.15, 0.2) is 0 Å². The molecular weight excluding hydrogens is 405 g/mol. The van der Waals surface area contributed by atoms with Crippen molar-refractivity contribution in [3.05, 3.63) is 83.1 Å². The second-order valence-electron chi connectivity index (χ2n) is 6.82. The Bertz CT molecular complexity index is 954. The molecule has 1 fully saturated rings. The second kappa shape index (κ2) is 8.59. The molecule has 0 spiro atoms. The van der Waals surface area contributed by atoms with Crippen LogP contribution in [0.3, 0.4) is 0 Å². The summed E-state index contributed by atoms with van der Waals surface area (Å²) in [5, 5.41) is 0. The lowest BCUT2D eigenvalue weighted by molar-refractivity contribution is -0.0523. The maximum Gasteiger partial charge on any atom is 0.534 e. The van der Waals surface area contributed by atoms with Crippen molar-refractivity contribution in [3.63, 3.8) is 0 Å². The summed E-state index contributed by atoms with van der Waals surface area (Å²) < 4.78 is 71.5. The van der Waals surface area contributed by atoms with Gasteiger partial charge in [0.2, 0.25) is 0 Å². The van der Waals surface area contributed by atoms with Gasteiger partial charge in [-0.1, -0.05) is 60.7 Å². The fraction of sp³-hybridized carbons (Fsp3) is 0.333. The third kappa shape index (κ3) is 5.19. The Morgan fingerprint density at radius 1 is 1.07 bits per heavy atom. The first-order valence-electron chi connectivity index (χ1n) is 9.12. The summed E-state index contributed by atoms with van der Waals surface area (Å²) >= 11 is 0. The fourth-order valence-corrected chi connectivity index (χ4v) is 3.87. The smallest absolute Gasteiger partial charge is 0.381 e. The van der Waals surface area contributed by atoms with Gasteiger partial charge in [0.1, 0.15) is 5.76 Å². The summed E-state index contributed by atoms with van der Waals surface area (Å²) in [5.41, 5.74) is -3.12. The first kappa shape index (κ1) is 21.4. The summed E-state index contributed by atoms with van der Waals surface area (Å²) in [7, 11) is -5.72. The molecule has 4 nitrogen and oxygen atoms in total. The summed E-state index contributed by atoms with van der Waals surface area (Å²) in [6, 6.07) is 18.9. The van der Waals surface area contributed by atoms with Crippen molar-refractivity contribution >= 4 is 10.1 Å². The average molecular weight is 426 g/mol. The Labute approximate surface area is 168 Å². The van der Waals surface area contributed by atoms with Gasteiger partial charge in [-0.15, -0.1) is 0 Å². The third-order valence-electron chi connectivity index (χ3n) is 4.80. The van der Waals surface area contributed by atoms with Crippen molar-refractivity contribution in [2.75, 3.05) is 0 Å². The minimum Gasteiger partial charge on any atom is -0.381 e. The lowest BCUT2D eigenvalue weighted by Crippen LogP contribution is -2.25. The van der Waals surface area contributed by atoms with E-state index >= 15 is 0 Å². The number of hydrogen-bond donors (Lipinski definition) is 0. The van der Waals surface area contributed by atoms with E-state index in [1.54, 1.807) is 0 Å². The summed E-state index contributed by atoms with van der Waals surface area (Å²) in [6.45, 7) is 1.24. The van der Waals surface area contributed by atoms with Crippen LogP contribution in [0.5, 0.6) is 0 Å². The molecule has 0 radical (unpaired) electrons. The first-order valence-corrected chi connectivity index (χ1v) is 10.5. The van der Waals surface area contributed by atoms with Gasteiger partial charge in [-0.2, -0.15) is 21.6 Å². The number of alkyl halides is 3. The number of halogens is 3. The van der Waals surface area contributed by atoms with Crippen LogP contribution in [0.1, 0.15) is 37.0 Å². The molecule has 0 aliphatic carbocycles. The van der Waals surface area contributed by atoms with Gasteiger partial charge in [-0.3, -0.25) is 0 Å². The quantitative estimate of drug-likeness (QED) is 0.358. The number of allylic oxidation sites excluding steroid dienone is 1. The van der Waals surface area contributed by atoms with Gasteiger partial charge in [0, 0.05) is 12.0 Å². The number of rotatable bonds is 6. The molecule has 156 valence electrons. The maximum atomic E-state index is 12.7. The Kier molecular flexibility index (Phi) is 6.33. The van der Waals surface area contributed by atoms with Crippen molar-refractivity contribution < 1.29 is 30.5 Å². The van der Waals surface area contributed by atoms with Gasteiger partial charge in [-0.25, -0.2) is 0 Å². The molecule has 1 saturated heterocycles. The molecule has 2 atom stereocenters. The van der Waals surface area contributed by atoms with E-state index in [4.69, 9.17) is 4.74 Å². The molecule has 0 N–H and O–H groups in total. The van der Waals surface area contributed by atoms with Crippen molar-refractivity contribution in [1.82, 2.24) is 0 Å². The number of ether oxygens (including phenoxy) is 1. The van der Waals surface area contributed by atoms with Gasteiger partial charge >= 0.3 is 15.6 Å². The maximum absolute atomic E-state index is 12.7. The van der Waals surface area contributed by atoms with Gasteiger partial charge < -0.3 is 8.92 Å². The molecule has 0 saturated carbocycles. The Balaban J connectivity index is 1.85. The summed E-state index contributed by atoms with van der Waals surface area (Å²) in [6.07, 6.45) is 0.483. The number of benzene rings is 2. The molecule has 1 aliphatic rings. The molecule has 0 aromatic heterocycles. The standard InChI is InChI=1S/C21H21F3O4S/c1-15(28-29(25,26)21(22,23)24)18-14-20(17-10-6-3-7-11-17)27-19(18)13-12-16-8-4-2-5-9-16/h2-11,19-20H,12-14H2,1H3/b18-15+/t19-,20-/m1/s1. The van der Waals surface area contributed by atoms with E-state index in [0.29, 0.717) is 18.4 Å². The van der Waals surface area contributed by atoms with E-state index in [0.717, 1.165) is 11.1 Å². The highest BCUT2D eigenvalue weighted by atomic mass is 32.2. The lowest BCUT2D eigenvalue weighted by Gasteiger charge is -2.16. The predicted molar refractivity (Wildman–Crippen MR) is 102 cm³/mol. The zero-order valence-electron chi connectivity index (χ0n) is 15.7. The zero-order valence-corrected chi connectivity index (χ0v) is 16.5. The molecule has 1 aliphatic heterocycles. The average Bonchev–Trinajstić information content (AvgIpc) is 3.11. The van der Waals surface area contributed by atoms with Crippen LogP contribution in [0.25, 0.3) is 0 Å². The van der Waals surface area contributed by atoms with Crippen LogP contribution >= 0.6 is 0 Å².